The molecule has 0 bridgehead atoms. The van der Waals surface area contributed by atoms with Gasteiger partial charge in [-0.3, -0.25) is 0 Å². The van der Waals surface area contributed by atoms with Gasteiger partial charge in [-0.05, 0) is 12.1 Å². The molecule has 0 fully saturated rings. The molecule has 5 nitrogen and oxygen atoms in total. The molecule has 0 radical (unpaired) electrons. The van der Waals surface area contributed by atoms with Gasteiger partial charge in [-0.2, -0.15) is 0 Å². The number of hydrogen-bond donors (Lipinski definition) is 1. The van der Waals surface area contributed by atoms with Crippen LogP contribution in [0.2, 0.25) is 0 Å². The first-order chi connectivity index (χ1) is 8.17. The molecule has 0 saturated carbocycles. The fourth-order valence-corrected chi connectivity index (χ4v) is 1.55. The number of anilines is 1. The number of ether oxygens (including phenoxy) is 2. The van der Waals surface area contributed by atoms with Crippen LogP contribution in [0, 0.1) is 5.82 Å². The molecule has 0 amide bonds. The van der Waals surface area contributed by atoms with Gasteiger partial charge in [0.25, 0.3) is 6.01 Å². The van der Waals surface area contributed by atoms with Gasteiger partial charge in [0, 0.05) is 0 Å². The van der Waals surface area contributed by atoms with Crippen molar-refractivity contribution in [3.8, 4) is 22.8 Å². The summed E-state index contributed by atoms with van der Waals surface area (Å²) < 4.78 is 28.9. The summed E-state index contributed by atoms with van der Waals surface area (Å²) in [4.78, 5) is 3.75. The van der Waals surface area contributed by atoms with Crippen molar-refractivity contribution in [2.24, 2.45) is 0 Å². The van der Waals surface area contributed by atoms with Crippen LogP contribution in [-0.4, -0.2) is 19.2 Å². The van der Waals surface area contributed by atoms with E-state index in [2.05, 4.69) is 4.98 Å². The first kappa shape index (κ1) is 11.3. The molecule has 0 saturated heterocycles. The number of nitrogens with two attached hydrogens (primary N) is 1. The van der Waals surface area contributed by atoms with E-state index in [-0.39, 0.29) is 17.5 Å². The quantitative estimate of drug-likeness (QED) is 0.886. The zero-order chi connectivity index (χ0) is 12.4. The predicted octanol–water partition coefficient (Wildman–Crippen LogP) is 2.08. The summed E-state index contributed by atoms with van der Waals surface area (Å²) >= 11 is 0. The Morgan fingerprint density at radius 2 is 2.06 bits per heavy atom. The van der Waals surface area contributed by atoms with Gasteiger partial charge in [-0.1, -0.05) is 0 Å². The van der Waals surface area contributed by atoms with Gasteiger partial charge >= 0.3 is 0 Å². The number of methoxy groups -OCH3 is 2. The normalized spacial score (nSPS) is 10.3. The third kappa shape index (κ3) is 1.89. The Kier molecular flexibility index (Phi) is 2.86. The summed E-state index contributed by atoms with van der Waals surface area (Å²) in [5.74, 6) is 0.217. The second kappa shape index (κ2) is 4.32. The van der Waals surface area contributed by atoms with Gasteiger partial charge < -0.3 is 19.6 Å². The van der Waals surface area contributed by atoms with Gasteiger partial charge in [0.1, 0.15) is 11.3 Å². The minimum atomic E-state index is -0.515. The van der Waals surface area contributed by atoms with Crippen LogP contribution in [-0.2, 0) is 0 Å². The SMILES string of the molecule is COc1ccc(F)c(OC)c1-c1cnc(N)o1. The molecule has 1 aromatic heterocycles. The molecule has 0 aliphatic rings. The number of nitrogen functional groups attached to an aromatic ring is 1. The molecule has 1 aromatic carbocycles. The van der Waals surface area contributed by atoms with Crippen LogP contribution in [0.1, 0.15) is 0 Å². The summed E-state index contributed by atoms with van der Waals surface area (Å²) in [7, 11) is 2.83. The van der Waals surface area contributed by atoms with Gasteiger partial charge in [0.2, 0.25) is 0 Å². The minimum absolute atomic E-state index is 0.00614. The van der Waals surface area contributed by atoms with Gasteiger partial charge in [-0.25, -0.2) is 9.37 Å². The van der Waals surface area contributed by atoms with Crippen molar-refractivity contribution in [2.75, 3.05) is 20.0 Å². The third-order valence-electron chi connectivity index (χ3n) is 2.27. The van der Waals surface area contributed by atoms with Crippen LogP contribution in [0.15, 0.2) is 22.7 Å². The van der Waals surface area contributed by atoms with Crippen molar-refractivity contribution < 1.29 is 18.3 Å². The molecule has 1 heterocycles. The van der Waals surface area contributed by atoms with E-state index in [1.807, 2.05) is 0 Å². The molecule has 2 rings (SSSR count). The molecule has 2 N–H and O–H groups in total. The number of nitrogens with zero attached hydrogens (tertiary/aromatic N) is 1. The van der Waals surface area contributed by atoms with Crippen LogP contribution in [0.3, 0.4) is 0 Å². The number of benzene rings is 1. The first-order valence-corrected chi connectivity index (χ1v) is 4.79. The Morgan fingerprint density at radius 1 is 1.29 bits per heavy atom. The minimum Gasteiger partial charge on any atom is -0.496 e. The number of halogens is 1. The van der Waals surface area contributed by atoms with Crippen molar-refractivity contribution >= 4 is 6.01 Å². The van der Waals surface area contributed by atoms with E-state index in [1.54, 1.807) is 0 Å². The van der Waals surface area contributed by atoms with Crippen LogP contribution < -0.4 is 15.2 Å². The third-order valence-corrected chi connectivity index (χ3v) is 2.27. The maximum atomic E-state index is 13.6. The van der Waals surface area contributed by atoms with Crippen LogP contribution >= 0.6 is 0 Å². The second-order valence-corrected chi connectivity index (χ2v) is 3.22. The smallest absolute Gasteiger partial charge is 0.292 e. The Labute approximate surface area is 97.0 Å². The standard InChI is InChI=1S/C11H11FN2O3/c1-15-7-4-3-6(12)10(16-2)9(7)8-5-14-11(13)17-8/h3-5H,1-2H3,(H2,13,14). The molecule has 0 aliphatic carbocycles. The molecule has 0 unspecified atom stereocenters. The molecule has 0 aliphatic heterocycles. The Bertz CT molecular complexity index is 540. The number of aromatic nitrogens is 1. The monoisotopic (exact) mass is 238 g/mol. The van der Waals surface area contributed by atoms with E-state index in [0.29, 0.717) is 11.3 Å². The fourth-order valence-electron chi connectivity index (χ4n) is 1.55. The summed E-state index contributed by atoms with van der Waals surface area (Å²) in [5, 5.41) is 0. The maximum Gasteiger partial charge on any atom is 0.292 e. The van der Waals surface area contributed by atoms with Crippen molar-refractivity contribution in [1.82, 2.24) is 4.98 Å². The Balaban J connectivity index is 2.68. The average Bonchev–Trinajstić information content (AvgIpc) is 2.75. The van der Waals surface area contributed by atoms with Gasteiger partial charge in [-0.15, -0.1) is 0 Å². The fraction of sp³-hybridized carbons (Fsp3) is 0.182. The summed E-state index contributed by atoms with van der Waals surface area (Å²) in [6.07, 6.45) is 1.38. The lowest BCUT2D eigenvalue weighted by Gasteiger charge is -2.11. The van der Waals surface area contributed by atoms with Crippen molar-refractivity contribution in [1.29, 1.82) is 0 Å². The van der Waals surface area contributed by atoms with E-state index in [4.69, 9.17) is 19.6 Å². The number of hydrogen-bond acceptors (Lipinski definition) is 5. The summed E-state index contributed by atoms with van der Waals surface area (Å²) in [6, 6.07) is 2.72. The highest BCUT2D eigenvalue weighted by Crippen LogP contribution is 2.40. The van der Waals surface area contributed by atoms with E-state index < -0.39 is 5.82 Å². The molecule has 6 heteroatoms. The first-order valence-electron chi connectivity index (χ1n) is 4.79. The molecular formula is C11H11FN2O3. The lowest BCUT2D eigenvalue weighted by Crippen LogP contribution is -1.95. The molecule has 0 atom stereocenters. The zero-order valence-corrected chi connectivity index (χ0v) is 9.36. The zero-order valence-electron chi connectivity index (χ0n) is 9.36. The molecular weight excluding hydrogens is 227 g/mol. The summed E-state index contributed by atoms with van der Waals surface area (Å²) in [6.45, 7) is 0. The molecule has 17 heavy (non-hydrogen) atoms. The Morgan fingerprint density at radius 3 is 2.59 bits per heavy atom. The molecule has 0 spiro atoms. The second-order valence-electron chi connectivity index (χ2n) is 3.22. The van der Waals surface area contributed by atoms with Crippen LogP contribution in [0.5, 0.6) is 11.5 Å². The van der Waals surface area contributed by atoms with E-state index in [1.165, 1.54) is 32.5 Å². The lowest BCUT2D eigenvalue weighted by molar-refractivity contribution is 0.374. The van der Waals surface area contributed by atoms with Gasteiger partial charge in [0.05, 0.1) is 20.4 Å². The highest BCUT2D eigenvalue weighted by molar-refractivity contribution is 5.73. The van der Waals surface area contributed by atoms with E-state index >= 15 is 0 Å². The largest absolute Gasteiger partial charge is 0.496 e. The highest BCUT2D eigenvalue weighted by atomic mass is 19.1. The maximum absolute atomic E-state index is 13.6. The highest BCUT2D eigenvalue weighted by Gasteiger charge is 2.20. The van der Waals surface area contributed by atoms with Gasteiger partial charge in [0.15, 0.2) is 17.3 Å². The van der Waals surface area contributed by atoms with Crippen LogP contribution in [0.4, 0.5) is 10.4 Å². The summed E-state index contributed by atoms with van der Waals surface area (Å²) in [5.41, 5.74) is 5.73. The van der Waals surface area contributed by atoms with Crippen LogP contribution in [0.25, 0.3) is 11.3 Å². The van der Waals surface area contributed by atoms with Crippen molar-refractivity contribution in [3.05, 3.63) is 24.1 Å². The van der Waals surface area contributed by atoms with Crippen molar-refractivity contribution in [2.45, 2.75) is 0 Å². The Hall–Kier alpha value is -2.24. The molecule has 90 valence electrons. The van der Waals surface area contributed by atoms with E-state index in [9.17, 15) is 4.39 Å². The van der Waals surface area contributed by atoms with E-state index in [0.717, 1.165) is 0 Å². The number of rotatable bonds is 3. The van der Waals surface area contributed by atoms with Crippen molar-refractivity contribution in [3.63, 3.8) is 0 Å². The number of oxazole rings is 1. The average molecular weight is 238 g/mol. The molecule has 2 aromatic rings. The predicted molar refractivity (Wildman–Crippen MR) is 59.4 cm³/mol. The topological polar surface area (TPSA) is 70.5 Å². The lowest BCUT2D eigenvalue weighted by atomic mass is 10.1.